The Morgan fingerprint density at radius 2 is 1.93 bits per heavy atom. The van der Waals surface area contributed by atoms with Gasteiger partial charge < -0.3 is 19.5 Å². The van der Waals surface area contributed by atoms with Gasteiger partial charge in [0.2, 0.25) is 5.91 Å². The normalized spacial score (nSPS) is 14.9. The maximum absolute atomic E-state index is 12.6. The van der Waals surface area contributed by atoms with E-state index in [-0.39, 0.29) is 23.0 Å². The average molecular weight is 370 g/mol. The van der Waals surface area contributed by atoms with Gasteiger partial charge in [0, 0.05) is 31.6 Å². The van der Waals surface area contributed by atoms with Gasteiger partial charge in [0.1, 0.15) is 5.82 Å². The second kappa shape index (κ2) is 7.82. The third-order valence-corrected chi connectivity index (χ3v) is 5.10. The maximum atomic E-state index is 12.6. The van der Waals surface area contributed by atoms with Gasteiger partial charge in [-0.1, -0.05) is 20.8 Å². The van der Waals surface area contributed by atoms with Crippen molar-refractivity contribution in [3.8, 4) is 0 Å². The van der Waals surface area contributed by atoms with Crippen LogP contribution in [0.4, 0.5) is 11.5 Å². The topological polar surface area (TPSA) is 78.7 Å². The molecule has 2 amide bonds. The smallest absolute Gasteiger partial charge is 0.291 e. The van der Waals surface area contributed by atoms with E-state index in [1.165, 1.54) is 6.26 Å². The molecule has 0 spiro atoms. The van der Waals surface area contributed by atoms with Crippen LogP contribution in [0, 0.1) is 5.41 Å². The first-order chi connectivity index (χ1) is 12.9. The predicted octanol–water partition coefficient (Wildman–Crippen LogP) is 3.01. The number of rotatable bonds is 5. The van der Waals surface area contributed by atoms with E-state index in [2.05, 4.69) is 15.2 Å². The summed E-state index contributed by atoms with van der Waals surface area (Å²) >= 11 is 0. The molecule has 0 aromatic carbocycles. The number of hydrogen-bond acceptors (Lipinski definition) is 5. The molecule has 2 aromatic heterocycles. The van der Waals surface area contributed by atoms with E-state index in [4.69, 9.17) is 4.42 Å². The second-order valence-electron chi connectivity index (χ2n) is 7.35. The molecule has 0 unspecified atom stereocenters. The van der Waals surface area contributed by atoms with Crippen molar-refractivity contribution in [1.29, 1.82) is 0 Å². The number of carbonyl (C=O) groups is 2. The van der Waals surface area contributed by atoms with Crippen LogP contribution in [-0.2, 0) is 4.79 Å². The summed E-state index contributed by atoms with van der Waals surface area (Å²) < 4.78 is 5.07. The van der Waals surface area contributed by atoms with Gasteiger partial charge in [-0.25, -0.2) is 4.98 Å². The lowest BCUT2D eigenvalue weighted by atomic mass is 9.88. The molecule has 3 rings (SSSR count). The standard InChI is InChI=1S/C20H26N4O3/c1-4-20(2,3)19(26)24-11-9-23(10-12-24)17-8-7-15(14-21-17)22-18(25)16-6-5-13-27-16/h5-8,13-14H,4,9-12H2,1-3H3,(H,22,25). The molecular weight excluding hydrogens is 344 g/mol. The van der Waals surface area contributed by atoms with Crippen molar-refractivity contribution < 1.29 is 14.0 Å². The van der Waals surface area contributed by atoms with Gasteiger partial charge in [0.15, 0.2) is 5.76 Å². The zero-order chi connectivity index (χ0) is 19.4. The quantitative estimate of drug-likeness (QED) is 0.875. The summed E-state index contributed by atoms with van der Waals surface area (Å²) in [6.07, 6.45) is 3.93. The van der Waals surface area contributed by atoms with E-state index in [9.17, 15) is 9.59 Å². The maximum Gasteiger partial charge on any atom is 0.291 e. The van der Waals surface area contributed by atoms with Crippen LogP contribution in [0.25, 0.3) is 0 Å². The summed E-state index contributed by atoms with van der Waals surface area (Å²) in [5.41, 5.74) is 0.299. The summed E-state index contributed by atoms with van der Waals surface area (Å²) in [6.45, 7) is 8.93. The minimum Gasteiger partial charge on any atom is -0.459 e. The van der Waals surface area contributed by atoms with Crippen molar-refractivity contribution in [1.82, 2.24) is 9.88 Å². The largest absolute Gasteiger partial charge is 0.459 e. The Kier molecular flexibility index (Phi) is 5.48. The van der Waals surface area contributed by atoms with Gasteiger partial charge in [-0.15, -0.1) is 0 Å². The third kappa shape index (κ3) is 4.30. The molecule has 144 valence electrons. The molecule has 1 aliphatic rings. The lowest BCUT2D eigenvalue weighted by Gasteiger charge is -2.38. The Morgan fingerprint density at radius 3 is 2.48 bits per heavy atom. The van der Waals surface area contributed by atoms with Crippen molar-refractivity contribution in [2.75, 3.05) is 36.4 Å². The fraction of sp³-hybridized carbons (Fsp3) is 0.450. The highest BCUT2D eigenvalue weighted by Crippen LogP contribution is 2.24. The number of anilines is 2. The molecule has 7 heteroatoms. The summed E-state index contributed by atoms with van der Waals surface area (Å²) in [7, 11) is 0. The fourth-order valence-electron chi connectivity index (χ4n) is 2.97. The molecule has 0 bridgehead atoms. The molecule has 1 N–H and O–H groups in total. The Morgan fingerprint density at radius 1 is 1.19 bits per heavy atom. The molecule has 3 heterocycles. The van der Waals surface area contributed by atoms with E-state index in [0.29, 0.717) is 18.8 Å². The van der Waals surface area contributed by atoms with Gasteiger partial charge in [0.25, 0.3) is 5.91 Å². The molecule has 1 saturated heterocycles. The van der Waals surface area contributed by atoms with Gasteiger partial charge in [-0.3, -0.25) is 9.59 Å². The number of pyridine rings is 1. The Labute approximate surface area is 159 Å². The van der Waals surface area contributed by atoms with Crippen LogP contribution in [0.5, 0.6) is 0 Å². The third-order valence-electron chi connectivity index (χ3n) is 5.10. The molecule has 0 aliphatic carbocycles. The molecule has 1 fully saturated rings. The lowest BCUT2D eigenvalue weighted by Crippen LogP contribution is -2.52. The zero-order valence-corrected chi connectivity index (χ0v) is 16.1. The van der Waals surface area contributed by atoms with Crippen LogP contribution < -0.4 is 10.2 Å². The molecule has 7 nitrogen and oxygen atoms in total. The minimum atomic E-state index is -0.311. The monoisotopic (exact) mass is 370 g/mol. The predicted molar refractivity (Wildman–Crippen MR) is 104 cm³/mol. The van der Waals surface area contributed by atoms with Crippen LogP contribution in [0.2, 0.25) is 0 Å². The lowest BCUT2D eigenvalue weighted by molar-refractivity contribution is -0.140. The minimum absolute atomic E-state index is 0.216. The first-order valence-electron chi connectivity index (χ1n) is 9.26. The van der Waals surface area contributed by atoms with Gasteiger partial charge in [-0.05, 0) is 30.7 Å². The van der Waals surface area contributed by atoms with Gasteiger partial charge in [0.05, 0.1) is 18.1 Å². The molecule has 2 aromatic rings. The molecule has 0 radical (unpaired) electrons. The summed E-state index contributed by atoms with van der Waals surface area (Å²) in [4.78, 5) is 33.1. The molecule has 27 heavy (non-hydrogen) atoms. The number of piperazine rings is 1. The van der Waals surface area contributed by atoms with Crippen molar-refractivity contribution >= 4 is 23.3 Å². The number of amides is 2. The first kappa shape index (κ1) is 18.9. The van der Waals surface area contributed by atoms with Crippen LogP contribution in [0.3, 0.4) is 0 Å². The zero-order valence-electron chi connectivity index (χ0n) is 16.1. The van der Waals surface area contributed by atoms with Crippen LogP contribution in [0.1, 0.15) is 37.7 Å². The summed E-state index contributed by atoms with van der Waals surface area (Å²) in [5.74, 6) is 1.01. The Hall–Kier alpha value is -2.83. The van der Waals surface area contributed by atoms with Crippen LogP contribution >= 0.6 is 0 Å². The van der Waals surface area contributed by atoms with Gasteiger partial charge >= 0.3 is 0 Å². The summed E-state index contributed by atoms with van der Waals surface area (Å²) in [6, 6.07) is 6.98. The van der Waals surface area contributed by atoms with Crippen LogP contribution in [-0.4, -0.2) is 47.9 Å². The molecule has 0 saturated carbocycles. The average Bonchev–Trinajstić information content (AvgIpc) is 3.23. The van der Waals surface area contributed by atoms with Crippen molar-refractivity contribution in [2.24, 2.45) is 5.41 Å². The van der Waals surface area contributed by atoms with Crippen molar-refractivity contribution in [2.45, 2.75) is 27.2 Å². The number of hydrogen-bond donors (Lipinski definition) is 1. The first-order valence-corrected chi connectivity index (χ1v) is 9.26. The fourth-order valence-corrected chi connectivity index (χ4v) is 2.97. The van der Waals surface area contributed by atoms with E-state index in [0.717, 1.165) is 25.3 Å². The number of carbonyl (C=O) groups excluding carboxylic acids is 2. The summed E-state index contributed by atoms with van der Waals surface area (Å²) in [5, 5.41) is 2.75. The highest BCUT2D eigenvalue weighted by atomic mass is 16.3. The molecule has 1 aliphatic heterocycles. The van der Waals surface area contributed by atoms with E-state index in [1.54, 1.807) is 18.3 Å². The number of furan rings is 1. The van der Waals surface area contributed by atoms with E-state index >= 15 is 0 Å². The number of nitrogens with one attached hydrogen (secondary N) is 1. The van der Waals surface area contributed by atoms with Crippen molar-refractivity contribution in [3.05, 3.63) is 42.5 Å². The Bertz CT molecular complexity index is 776. The second-order valence-corrected chi connectivity index (χ2v) is 7.35. The molecular formula is C20H26N4O3. The molecule has 0 atom stereocenters. The SMILES string of the molecule is CCC(C)(C)C(=O)N1CCN(c2ccc(NC(=O)c3ccco3)cn2)CC1. The van der Waals surface area contributed by atoms with E-state index < -0.39 is 0 Å². The number of nitrogens with zero attached hydrogens (tertiary/aromatic N) is 3. The highest BCUT2D eigenvalue weighted by molar-refractivity contribution is 6.02. The van der Waals surface area contributed by atoms with E-state index in [1.807, 2.05) is 37.8 Å². The highest BCUT2D eigenvalue weighted by Gasteiger charge is 2.32. The van der Waals surface area contributed by atoms with Crippen molar-refractivity contribution in [3.63, 3.8) is 0 Å². The Balaban J connectivity index is 1.56. The van der Waals surface area contributed by atoms with Gasteiger partial charge in [-0.2, -0.15) is 0 Å². The number of aromatic nitrogens is 1. The van der Waals surface area contributed by atoms with Crippen LogP contribution in [0.15, 0.2) is 41.1 Å².